The smallest absolute Gasteiger partial charge is 0.0967 e. The predicted octanol–water partition coefficient (Wildman–Crippen LogP) is 2.95. The fraction of sp³-hybridized carbons (Fsp3) is 0. The third kappa shape index (κ3) is 7.47. The van der Waals surface area contributed by atoms with Crippen molar-refractivity contribution in [1.29, 1.82) is 0 Å². The van der Waals surface area contributed by atoms with Gasteiger partial charge in [-0.25, -0.2) is 0 Å². The van der Waals surface area contributed by atoms with Crippen LogP contribution in [0.4, 0.5) is 0 Å². The van der Waals surface area contributed by atoms with E-state index in [0.29, 0.717) is 0 Å². The molecule has 1 aromatic rings. The summed E-state index contributed by atoms with van der Waals surface area (Å²) >= 11 is 0. The van der Waals surface area contributed by atoms with Crippen molar-refractivity contribution in [3.05, 3.63) is 106 Å². The zero-order valence-electron chi connectivity index (χ0n) is 11.1. The molecule has 2 fully saturated rings. The van der Waals surface area contributed by atoms with Gasteiger partial charge in [-0.3, -0.25) is 0 Å². The second-order valence-electron chi connectivity index (χ2n) is 4.02. The van der Waals surface area contributed by atoms with E-state index in [1.54, 1.807) is 0 Å². The van der Waals surface area contributed by atoms with E-state index in [4.69, 9.17) is 0 Å². The molecule has 0 nitrogen and oxygen atoms in total. The molecule has 0 aliphatic heterocycles. The van der Waals surface area contributed by atoms with Gasteiger partial charge in [0.2, 0.25) is 0 Å². The molecule has 0 atom stereocenters. The Morgan fingerprint density at radius 1 is 0.700 bits per heavy atom. The fourth-order valence-electron chi connectivity index (χ4n) is 1.59. The molecule has 2 aliphatic carbocycles. The van der Waals surface area contributed by atoms with E-state index in [9.17, 15) is 0 Å². The average molecular weight is 316 g/mol. The molecule has 0 saturated heterocycles. The summed E-state index contributed by atoms with van der Waals surface area (Å²) in [6.45, 7) is 0. The first-order valence-electron chi connectivity index (χ1n) is 6.32. The molecule has 2 heteroatoms. The summed E-state index contributed by atoms with van der Waals surface area (Å²) in [7, 11) is 0.762. The molecule has 0 N–H and O–H groups in total. The van der Waals surface area contributed by atoms with E-state index in [1.165, 1.54) is 11.1 Å². The number of hydrogen-bond donors (Lipinski definition) is 0. The third-order valence-electron chi connectivity index (χ3n) is 2.54. The fourth-order valence-corrected chi connectivity index (χ4v) is 2.44. The van der Waals surface area contributed by atoms with Crippen LogP contribution in [0.2, 0.25) is 0 Å². The van der Waals surface area contributed by atoms with Crippen LogP contribution < -0.4 is 5.19 Å². The molecule has 0 aromatic heterocycles. The summed E-state index contributed by atoms with van der Waals surface area (Å²) in [4.78, 5) is 0. The molecule has 0 amide bonds. The molecule has 1 aromatic carbocycles. The van der Waals surface area contributed by atoms with Crippen LogP contribution in [0.3, 0.4) is 0 Å². The molecule has 0 spiro atoms. The van der Waals surface area contributed by atoms with Crippen LogP contribution >= 0.6 is 0 Å². The zero-order valence-corrected chi connectivity index (χ0v) is 13.2. The molecule has 0 heterocycles. The standard InChI is InChI=1S/C13H11Si.C5H5.Fe/c1-2-8-13(9-3-1)14-11-10-12-6-4-5-7-12;1-2-4-5-3-1;/h1-11H;1-5H;/b11-10+;;. The molecule has 2 aliphatic rings. The Balaban J connectivity index is 0.000000283. The van der Waals surface area contributed by atoms with Gasteiger partial charge < -0.3 is 0 Å². The molecule has 3 rings (SSSR count). The van der Waals surface area contributed by atoms with Crippen molar-refractivity contribution < 1.29 is 17.1 Å². The SMILES string of the molecule is [CH]1[CH][CH][CH][CH]1.[CH]1[CH][CH][C](/C=C/[Si]c2ccccc2)[CH]1.[Fe]. The summed E-state index contributed by atoms with van der Waals surface area (Å²) in [5.41, 5.74) is 2.23. The van der Waals surface area contributed by atoms with Crippen molar-refractivity contribution in [3.8, 4) is 0 Å². The third-order valence-corrected chi connectivity index (χ3v) is 3.54. The zero-order chi connectivity index (χ0) is 13.2. The Hall–Kier alpha value is -0.304. The first-order valence-corrected chi connectivity index (χ1v) is 7.39. The molecule has 0 bridgehead atoms. The maximum atomic E-state index is 2.23. The van der Waals surface area contributed by atoms with E-state index < -0.39 is 0 Å². The Morgan fingerprint density at radius 3 is 1.80 bits per heavy atom. The number of hydrogen-bond acceptors (Lipinski definition) is 0. The molecule has 20 heavy (non-hydrogen) atoms. The quantitative estimate of drug-likeness (QED) is 0.752. The largest absolute Gasteiger partial charge is 0.111 e. The first-order chi connectivity index (χ1) is 9.45. The normalized spacial score (nSPS) is 18.6. The molecular formula is C18H16FeSi. The maximum absolute atomic E-state index is 2.23. The van der Waals surface area contributed by atoms with Gasteiger partial charge in [0.15, 0.2) is 0 Å². The van der Waals surface area contributed by atoms with Crippen molar-refractivity contribution in [3.63, 3.8) is 0 Å². The van der Waals surface area contributed by atoms with Gasteiger partial charge in [0.25, 0.3) is 0 Å². The predicted molar refractivity (Wildman–Crippen MR) is 82.9 cm³/mol. The molecule has 2 saturated carbocycles. The van der Waals surface area contributed by atoms with Crippen LogP contribution in [-0.4, -0.2) is 9.52 Å². The Morgan fingerprint density at radius 2 is 1.25 bits per heavy atom. The van der Waals surface area contributed by atoms with Crippen molar-refractivity contribution in [2.75, 3.05) is 0 Å². The monoisotopic (exact) mass is 316 g/mol. The van der Waals surface area contributed by atoms with Gasteiger partial charge in [-0.1, -0.05) is 47.3 Å². The minimum Gasteiger partial charge on any atom is -0.0967 e. The van der Waals surface area contributed by atoms with E-state index in [1.807, 2.05) is 32.1 Å². The van der Waals surface area contributed by atoms with Gasteiger partial charge in [0.1, 0.15) is 9.52 Å². The molecule has 12 radical (unpaired) electrons. The van der Waals surface area contributed by atoms with Crippen LogP contribution in [0.25, 0.3) is 0 Å². The molecular weight excluding hydrogens is 300 g/mol. The van der Waals surface area contributed by atoms with E-state index in [0.717, 1.165) is 9.52 Å². The number of benzene rings is 1. The van der Waals surface area contributed by atoms with Gasteiger partial charge in [-0.15, -0.1) is 0 Å². The number of allylic oxidation sites excluding steroid dienone is 1. The second-order valence-corrected chi connectivity index (χ2v) is 5.22. The topological polar surface area (TPSA) is 0 Å². The van der Waals surface area contributed by atoms with Gasteiger partial charge in [0.05, 0.1) is 0 Å². The van der Waals surface area contributed by atoms with Gasteiger partial charge >= 0.3 is 0 Å². The minimum atomic E-state index is 0. The second kappa shape index (κ2) is 11.4. The van der Waals surface area contributed by atoms with E-state index in [2.05, 4.69) is 67.8 Å². The van der Waals surface area contributed by atoms with Crippen LogP contribution in [0.5, 0.6) is 0 Å². The van der Waals surface area contributed by atoms with Crippen molar-refractivity contribution in [1.82, 2.24) is 0 Å². The Kier molecular flexibility index (Phi) is 10.1. The van der Waals surface area contributed by atoms with Crippen LogP contribution in [-0.2, 0) is 17.1 Å². The summed E-state index contributed by atoms with van der Waals surface area (Å²) in [6, 6.07) is 10.5. The molecule has 100 valence electrons. The summed E-state index contributed by atoms with van der Waals surface area (Å²) in [6.07, 6.45) is 20.5. The molecule has 0 unspecified atom stereocenters. The van der Waals surface area contributed by atoms with Crippen LogP contribution in [0, 0.1) is 63.7 Å². The summed E-state index contributed by atoms with van der Waals surface area (Å²) in [5.74, 6) is 1.29. The average Bonchev–Trinajstić information content (AvgIpc) is 3.16. The van der Waals surface area contributed by atoms with E-state index >= 15 is 0 Å². The van der Waals surface area contributed by atoms with E-state index in [-0.39, 0.29) is 17.1 Å². The summed E-state index contributed by atoms with van der Waals surface area (Å²) < 4.78 is 0. The van der Waals surface area contributed by atoms with Gasteiger partial charge in [-0.2, -0.15) is 0 Å². The van der Waals surface area contributed by atoms with Gasteiger partial charge in [-0.05, 0) is 57.8 Å². The Bertz CT molecular complexity index is 343. The maximum Gasteiger partial charge on any atom is 0.111 e. The van der Waals surface area contributed by atoms with Crippen molar-refractivity contribution >= 4 is 14.7 Å². The summed E-state index contributed by atoms with van der Waals surface area (Å²) in [5, 5.41) is 1.38. The first kappa shape index (κ1) is 17.7. The van der Waals surface area contributed by atoms with Crippen molar-refractivity contribution in [2.24, 2.45) is 0 Å². The van der Waals surface area contributed by atoms with Crippen LogP contribution in [0.15, 0.2) is 42.1 Å². The minimum absolute atomic E-state index is 0. The van der Waals surface area contributed by atoms with Crippen LogP contribution in [0.1, 0.15) is 0 Å². The number of rotatable bonds is 3. The van der Waals surface area contributed by atoms with Gasteiger partial charge in [0, 0.05) is 23.0 Å². The van der Waals surface area contributed by atoms with Crippen molar-refractivity contribution in [2.45, 2.75) is 0 Å². The Labute approximate surface area is 137 Å².